The molecule has 1 aromatic rings. The maximum Gasteiger partial charge on any atom is 0.282 e. The number of amides is 2. The summed E-state index contributed by atoms with van der Waals surface area (Å²) in [6.07, 6.45) is 0. The average molecular weight is 331 g/mol. The van der Waals surface area contributed by atoms with Gasteiger partial charge in [-0.1, -0.05) is 23.4 Å². The van der Waals surface area contributed by atoms with Crippen molar-refractivity contribution < 1.29 is 19.1 Å². The first-order valence-corrected chi connectivity index (χ1v) is 7.54. The molecule has 0 aromatic heterocycles. The second-order valence-corrected chi connectivity index (χ2v) is 5.72. The van der Waals surface area contributed by atoms with E-state index in [1.54, 1.807) is 12.1 Å². The number of hydrogen-bond donors (Lipinski definition) is 1. The van der Waals surface area contributed by atoms with Crippen LogP contribution in [0.5, 0.6) is 11.5 Å². The smallest absolute Gasteiger partial charge is 0.282 e. The Morgan fingerprint density at radius 3 is 2.62 bits per heavy atom. The lowest BCUT2D eigenvalue weighted by atomic mass is 10.2. The zero-order valence-electron chi connectivity index (χ0n) is 11.6. The molecule has 0 aliphatic carbocycles. The summed E-state index contributed by atoms with van der Waals surface area (Å²) in [5.41, 5.74) is 0.415. The highest BCUT2D eigenvalue weighted by atomic mass is 35.5. The summed E-state index contributed by atoms with van der Waals surface area (Å²) in [5, 5.41) is 2.93. The highest BCUT2D eigenvalue weighted by molar-refractivity contribution is 8.13. The van der Waals surface area contributed by atoms with Crippen molar-refractivity contribution in [2.24, 2.45) is 0 Å². The van der Waals surface area contributed by atoms with Crippen LogP contribution in [0.15, 0.2) is 12.1 Å². The summed E-state index contributed by atoms with van der Waals surface area (Å²) < 4.78 is 10.3. The van der Waals surface area contributed by atoms with Crippen molar-refractivity contribution in [1.82, 2.24) is 4.90 Å². The Labute approximate surface area is 131 Å². The van der Waals surface area contributed by atoms with E-state index in [4.69, 9.17) is 21.1 Å². The summed E-state index contributed by atoms with van der Waals surface area (Å²) in [5.74, 6) is 1.35. The van der Waals surface area contributed by atoms with E-state index >= 15 is 0 Å². The molecule has 2 rings (SSSR count). The molecule has 0 atom stereocenters. The van der Waals surface area contributed by atoms with Crippen LogP contribution in [0, 0.1) is 0 Å². The molecule has 0 bridgehead atoms. The quantitative estimate of drug-likeness (QED) is 0.898. The first-order valence-electron chi connectivity index (χ1n) is 6.18. The predicted octanol–water partition coefficient (Wildman–Crippen LogP) is 2.46. The first-order chi connectivity index (χ1) is 10.0. The van der Waals surface area contributed by atoms with Gasteiger partial charge in [-0.15, -0.1) is 0 Å². The molecule has 6 nitrogen and oxygen atoms in total. The third-order valence-electron chi connectivity index (χ3n) is 2.93. The van der Waals surface area contributed by atoms with E-state index in [2.05, 4.69) is 5.32 Å². The molecular weight excluding hydrogens is 316 g/mol. The van der Waals surface area contributed by atoms with Crippen LogP contribution in [0.3, 0.4) is 0 Å². The second-order valence-electron chi connectivity index (χ2n) is 4.27. The molecule has 0 saturated carbocycles. The van der Waals surface area contributed by atoms with Crippen LogP contribution < -0.4 is 14.8 Å². The average Bonchev–Trinajstić information content (AvgIpc) is 2.85. The van der Waals surface area contributed by atoms with Crippen molar-refractivity contribution in [2.75, 3.05) is 38.4 Å². The summed E-state index contributed by atoms with van der Waals surface area (Å²) in [7, 11) is 3.00. The van der Waals surface area contributed by atoms with Crippen LogP contribution in [0.2, 0.25) is 5.02 Å². The van der Waals surface area contributed by atoms with Crippen LogP contribution in [0.1, 0.15) is 0 Å². The van der Waals surface area contributed by atoms with Gasteiger partial charge in [0.2, 0.25) is 5.91 Å². The van der Waals surface area contributed by atoms with Gasteiger partial charge in [-0.25, -0.2) is 0 Å². The van der Waals surface area contributed by atoms with E-state index in [9.17, 15) is 9.59 Å². The van der Waals surface area contributed by atoms with Gasteiger partial charge in [-0.3, -0.25) is 9.59 Å². The number of nitrogens with one attached hydrogen (secondary N) is 1. The molecule has 21 heavy (non-hydrogen) atoms. The van der Waals surface area contributed by atoms with Gasteiger partial charge >= 0.3 is 0 Å². The van der Waals surface area contributed by atoms with Crippen LogP contribution in [-0.2, 0) is 4.79 Å². The Morgan fingerprint density at radius 2 is 2.05 bits per heavy atom. The second kappa shape index (κ2) is 6.91. The minimum absolute atomic E-state index is 0.0104. The fraction of sp³-hybridized carbons (Fsp3) is 0.385. The summed E-state index contributed by atoms with van der Waals surface area (Å²) in [6.45, 7) is 0.590. The Balaban J connectivity index is 2.08. The van der Waals surface area contributed by atoms with Crippen LogP contribution in [0.4, 0.5) is 10.5 Å². The fourth-order valence-corrected chi connectivity index (χ4v) is 2.91. The van der Waals surface area contributed by atoms with Gasteiger partial charge in [-0.2, -0.15) is 0 Å². The highest BCUT2D eigenvalue weighted by Crippen LogP contribution is 2.36. The Kier molecular flexibility index (Phi) is 5.19. The normalized spacial score (nSPS) is 14.2. The standard InChI is InChI=1S/C13H15ClN2O4S/c1-19-10-5-8(14)9(6-11(10)20-2)15-12(17)7-16-3-4-21-13(16)18/h5-6H,3-4,7H2,1-2H3,(H,15,17). The molecule has 114 valence electrons. The molecule has 1 N–H and O–H groups in total. The van der Waals surface area contributed by atoms with E-state index in [0.29, 0.717) is 34.5 Å². The van der Waals surface area contributed by atoms with Gasteiger partial charge in [0.25, 0.3) is 5.24 Å². The van der Waals surface area contributed by atoms with Gasteiger partial charge in [0, 0.05) is 24.4 Å². The van der Waals surface area contributed by atoms with E-state index in [1.165, 1.54) is 30.9 Å². The highest BCUT2D eigenvalue weighted by Gasteiger charge is 2.23. The van der Waals surface area contributed by atoms with Crippen LogP contribution >= 0.6 is 23.4 Å². The van der Waals surface area contributed by atoms with Crippen LogP contribution in [-0.4, -0.2) is 49.1 Å². The molecule has 1 saturated heterocycles. The monoisotopic (exact) mass is 330 g/mol. The number of anilines is 1. The molecule has 1 aromatic carbocycles. The van der Waals surface area contributed by atoms with Crippen molar-refractivity contribution in [1.29, 1.82) is 0 Å². The predicted molar refractivity (Wildman–Crippen MR) is 82.6 cm³/mol. The fourth-order valence-electron chi connectivity index (χ4n) is 1.88. The van der Waals surface area contributed by atoms with E-state index in [0.717, 1.165) is 0 Å². The molecule has 2 amide bonds. The minimum atomic E-state index is -0.306. The van der Waals surface area contributed by atoms with Gasteiger partial charge in [0.15, 0.2) is 11.5 Å². The molecule has 0 unspecified atom stereocenters. The molecule has 8 heteroatoms. The van der Waals surface area contributed by atoms with Crippen molar-refractivity contribution in [3.05, 3.63) is 17.2 Å². The third kappa shape index (κ3) is 3.74. The zero-order valence-corrected chi connectivity index (χ0v) is 13.2. The van der Waals surface area contributed by atoms with Crippen molar-refractivity contribution in [2.45, 2.75) is 0 Å². The van der Waals surface area contributed by atoms with E-state index < -0.39 is 0 Å². The third-order valence-corrected chi connectivity index (χ3v) is 4.13. The number of ether oxygens (including phenoxy) is 2. The van der Waals surface area contributed by atoms with Gasteiger partial charge in [0.05, 0.1) is 24.9 Å². The number of nitrogens with zero attached hydrogens (tertiary/aromatic N) is 1. The number of carbonyl (C=O) groups excluding carboxylic acids is 2. The molecule has 0 spiro atoms. The molecule has 1 aliphatic heterocycles. The van der Waals surface area contributed by atoms with Crippen LogP contribution in [0.25, 0.3) is 0 Å². The summed E-state index contributed by atoms with van der Waals surface area (Å²) in [4.78, 5) is 24.9. The van der Waals surface area contributed by atoms with E-state index in [-0.39, 0.29) is 17.7 Å². The number of thioether (sulfide) groups is 1. The lowest BCUT2D eigenvalue weighted by Crippen LogP contribution is -2.33. The molecule has 1 fully saturated rings. The van der Waals surface area contributed by atoms with Crippen molar-refractivity contribution in [3.63, 3.8) is 0 Å². The maximum absolute atomic E-state index is 12.0. The van der Waals surface area contributed by atoms with Crippen molar-refractivity contribution >= 4 is 40.2 Å². The molecule has 1 aliphatic rings. The van der Waals surface area contributed by atoms with E-state index in [1.807, 2.05) is 0 Å². The number of hydrogen-bond acceptors (Lipinski definition) is 5. The number of methoxy groups -OCH3 is 2. The first kappa shape index (κ1) is 15.8. The number of carbonyl (C=O) groups is 2. The maximum atomic E-state index is 12.0. The Hall–Kier alpha value is -1.60. The molecular formula is C13H15ClN2O4S. The van der Waals surface area contributed by atoms with Gasteiger partial charge in [0.1, 0.15) is 6.54 Å². The minimum Gasteiger partial charge on any atom is -0.493 e. The summed E-state index contributed by atoms with van der Waals surface area (Å²) in [6, 6.07) is 3.15. The summed E-state index contributed by atoms with van der Waals surface area (Å²) >= 11 is 7.30. The number of rotatable bonds is 5. The largest absolute Gasteiger partial charge is 0.493 e. The molecule has 1 heterocycles. The lowest BCUT2D eigenvalue weighted by Gasteiger charge is -2.16. The topological polar surface area (TPSA) is 67.9 Å². The Morgan fingerprint density at radius 1 is 1.38 bits per heavy atom. The zero-order chi connectivity index (χ0) is 15.4. The SMILES string of the molecule is COc1cc(Cl)c(NC(=O)CN2CCSC2=O)cc1OC. The lowest BCUT2D eigenvalue weighted by molar-refractivity contribution is -0.116. The number of halogens is 1. The van der Waals surface area contributed by atoms with Crippen molar-refractivity contribution in [3.8, 4) is 11.5 Å². The molecule has 0 radical (unpaired) electrons. The van der Waals surface area contributed by atoms with Gasteiger partial charge in [-0.05, 0) is 0 Å². The number of benzene rings is 1. The Bertz CT molecular complexity index is 567. The van der Waals surface area contributed by atoms with Gasteiger partial charge < -0.3 is 19.7 Å².